The second-order valence-electron chi connectivity index (χ2n) is 3.82. The van der Waals surface area contributed by atoms with Crippen molar-refractivity contribution < 1.29 is 13.2 Å². The average Bonchev–Trinajstić information content (AvgIpc) is 2.34. The molecule has 8 heteroatoms. The van der Waals surface area contributed by atoms with Crippen molar-refractivity contribution in [2.75, 3.05) is 11.5 Å². The Labute approximate surface area is 112 Å². The van der Waals surface area contributed by atoms with Crippen LogP contribution in [0.5, 0.6) is 0 Å². The van der Waals surface area contributed by atoms with Gasteiger partial charge in [0.15, 0.2) is 5.69 Å². The second kappa shape index (κ2) is 6.09. The standard InChI is InChI=1S/C6H6F3N3O.C6H7N/c1-2-11-4(6(7,8)9)3(10)5(13)12-2;7-6-4-2-1-3-5-6/h10H2,1H3,(H,11,12,13);1-5H,7H2. The van der Waals surface area contributed by atoms with E-state index in [-0.39, 0.29) is 5.82 Å². The summed E-state index contributed by atoms with van der Waals surface area (Å²) in [6, 6.07) is 9.49. The van der Waals surface area contributed by atoms with E-state index in [0.29, 0.717) is 0 Å². The number of nitrogens with two attached hydrogens (primary N) is 2. The van der Waals surface area contributed by atoms with Crippen LogP contribution in [0.15, 0.2) is 35.1 Å². The maximum absolute atomic E-state index is 12.1. The third-order valence-corrected chi connectivity index (χ3v) is 2.14. The van der Waals surface area contributed by atoms with E-state index in [9.17, 15) is 18.0 Å². The highest BCUT2D eigenvalue weighted by Crippen LogP contribution is 2.29. The zero-order chi connectivity index (χ0) is 15.3. The molecule has 0 atom stereocenters. The fourth-order valence-corrected chi connectivity index (χ4v) is 1.26. The normalized spacial score (nSPS) is 10.6. The SMILES string of the molecule is Cc1nc(C(F)(F)F)c(N)c(=O)[nH]1.Nc1ccccc1. The lowest BCUT2D eigenvalue weighted by atomic mass is 10.3. The molecule has 1 heterocycles. The van der Waals surface area contributed by atoms with Crippen molar-refractivity contribution in [3.05, 3.63) is 52.2 Å². The van der Waals surface area contributed by atoms with Crippen LogP contribution in [0.2, 0.25) is 0 Å². The maximum atomic E-state index is 12.1. The van der Waals surface area contributed by atoms with Crippen LogP contribution >= 0.6 is 0 Å². The predicted octanol–water partition coefficient (Wildman–Crippen LogP) is 1.95. The van der Waals surface area contributed by atoms with Crippen LogP contribution in [0.25, 0.3) is 0 Å². The van der Waals surface area contributed by atoms with Gasteiger partial charge in [0.2, 0.25) is 0 Å². The largest absolute Gasteiger partial charge is 0.435 e. The molecule has 108 valence electrons. The van der Waals surface area contributed by atoms with Gasteiger partial charge in [-0.15, -0.1) is 0 Å². The molecule has 0 radical (unpaired) electrons. The predicted molar refractivity (Wildman–Crippen MR) is 69.9 cm³/mol. The number of hydrogen-bond donors (Lipinski definition) is 3. The molecule has 20 heavy (non-hydrogen) atoms. The number of aromatic nitrogens is 2. The number of alkyl halides is 3. The van der Waals surface area contributed by atoms with Crippen molar-refractivity contribution in [3.63, 3.8) is 0 Å². The number of aromatic amines is 1. The van der Waals surface area contributed by atoms with Gasteiger partial charge in [-0.2, -0.15) is 13.2 Å². The van der Waals surface area contributed by atoms with Crippen molar-refractivity contribution in [1.82, 2.24) is 9.97 Å². The molecule has 0 aliphatic heterocycles. The zero-order valence-corrected chi connectivity index (χ0v) is 10.5. The van der Waals surface area contributed by atoms with E-state index in [2.05, 4.69) is 9.97 Å². The first-order chi connectivity index (χ1) is 9.21. The lowest BCUT2D eigenvalue weighted by Crippen LogP contribution is -2.22. The number of halogens is 3. The molecule has 0 fully saturated rings. The Morgan fingerprint density at radius 2 is 1.70 bits per heavy atom. The highest BCUT2D eigenvalue weighted by atomic mass is 19.4. The Bertz CT molecular complexity index is 623. The molecule has 0 unspecified atom stereocenters. The van der Waals surface area contributed by atoms with E-state index in [0.717, 1.165) is 5.69 Å². The fraction of sp³-hybridized carbons (Fsp3) is 0.167. The molecule has 0 aliphatic rings. The van der Waals surface area contributed by atoms with Crippen molar-refractivity contribution in [1.29, 1.82) is 0 Å². The van der Waals surface area contributed by atoms with Crippen LogP contribution in [0.1, 0.15) is 11.5 Å². The van der Waals surface area contributed by atoms with Gasteiger partial charge in [-0.05, 0) is 19.1 Å². The van der Waals surface area contributed by atoms with Gasteiger partial charge in [0.1, 0.15) is 11.5 Å². The number of aryl methyl sites for hydroxylation is 1. The van der Waals surface area contributed by atoms with Crippen molar-refractivity contribution in [3.8, 4) is 0 Å². The van der Waals surface area contributed by atoms with Crippen molar-refractivity contribution in [2.45, 2.75) is 13.1 Å². The van der Waals surface area contributed by atoms with Crippen molar-refractivity contribution >= 4 is 11.4 Å². The number of nitrogens with zero attached hydrogens (tertiary/aromatic N) is 1. The summed E-state index contributed by atoms with van der Waals surface area (Å²) in [6.45, 7) is 1.25. The van der Waals surface area contributed by atoms with Crippen molar-refractivity contribution in [2.24, 2.45) is 0 Å². The molecule has 0 bridgehead atoms. The lowest BCUT2D eigenvalue weighted by Gasteiger charge is -2.07. The number of hydrogen-bond acceptors (Lipinski definition) is 4. The Hall–Kier alpha value is -2.51. The Kier molecular flexibility index (Phi) is 4.73. The topological polar surface area (TPSA) is 97.8 Å². The number of nitrogen functional groups attached to an aromatic ring is 2. The van der Waals surface area contributed by atoms with Gasteiger partial charge in [0.25, 0.3) is 5.56 Å². The minimum absolute atomic E-state index is 0.119. The van der Waals surface area contributed by atoms with Gasteiger partial charge in [-0.1, -0.05) is 18.2 Å². The third kappa shape index (κ3) is 4.30. The Morgan fingerprint density at radius 3 is 2.10 bits per heavy atom. The molecule has 1 aromatic heterocycles. The van der Waals surface area contributed by atoms with Gasteiger partial charge in [-0.3, -0.25) is 4.79 Å². The minimum atomic E-state index is -4.69. The van der Waals surface area contributed by atoms with E-state index in [1.165, 1.54) is 6.92 Å². The first-order valence-electron chi connectivity index (χ1n) is 5.46. The summed E-state index contributed by atoms with van der Waals surface area (Å²) in [5, 5.41) is 0. The number of H-pyrrole nitrogens is 1. The van der Waals surface area contributed by atoms with Crippen LogP contribution < -0.4 is 17.0 Å². The van der Waals surface area contributed by atoms with E-state index in [4.69, 9.17) is 11.5 Å². The molecule has 0 spiro atoms. The molecule has 0 saturated carbocycles. The highest BCUT2D eigenvalue weighted by Gasteiger charge is 2.36. The smallest absolute Gasteiger partial charge is 0.399 e. The summed E-state index contributed by atoms with van der Waals surface area (Å²) in [5.41, 5.74) is 7.87. The molecule has 0 amide bonds. The van der Waals surface area contributed by atoms with E-state index < -0.39 is 23.1 Å². The molecule has 5 nitrogen and oxygen atoms in total. The Balaban J connectivity index is 0.000000240. The first-order valence-corrected chi connectivity index (χ1v) is 5.46. The summed E-state index contributed by atoms with van der Waals surface area (Å²) < 4.78 is 36.3. The number of benzene rings is 1. The molecular weight excluding hydrogens is 273 g/mol. The number of rotatable bonds is 0. The van der Waals surface area contributed by atoms with E-state index in [1.807, 2.05) is 30.3 Å². The number of para-hydroxylation sites is 1. The van der Waals surface area contributed by atoms with Crippen LogP contribution in [0.4, 0.5) is 24.5 Å². The highest BCUT2D eigenvalue weighted by molar-refractivity contribution is 5.41. The maximum Gasteiger partial charge on any atom is 0.435 e. The number of nitrogens with one attached hydrogen (secondary N) is 1. The van der Waals surface area contributed by atoms with E-state index in [1.54, 1.807) is 0 Å². The minimum Gasteiger partial charge on any atom is -0.399 e. The van der Waals surface area contributed by atoms with Crippen LogP contribution in [0, 0.1) is 6.92 Å². The zero-order valence-electron chi connectivity index (χ0n) is 10.5. The van der Waals surface area contributed by atoms with Crippen LogP contribution in [0.3, 0.4) is 0 Å². The summed E-state index contributed by atoms with van der Waals surface area (Å²) in [6.07, 6.45) is -4.69. The summed E-state index contributed by atoms with van der Waals surface area (Å²) in [4.78, 5) is 15.9. The molecule has 1 aromatic carbocycles. The molecule has 2 rings (SSSR count). The summed E-state index contributed by atoms with van der Waals surface area (Å²) >= 11 is 0. The molecule has 5 N–H and O–H groups in total. The molecule has 0 aliphatic carbocycles. The summed E-state index contributed by atoms with van der Waals surface area (Å²) in [5.74, 6) is -0.119. The fourth-order valence-electron chi connectivity index (χ4n) is 1.26. The van der Waals surface area contributed by atoms with Gasteiger partial charge in [0.05, 0.1) is 0 Å². The Morgan fingerprint density at radius 1 is 1.15 bits per heavy atom. The van der Waals surface area contributed by atoms with Gasteiger partial charge >= 0.3 is 6.18 Å². The lowest BCUT2D eigenvalue weighted by molar-refractivity contribution is -0.140. The number of anilines is 2. The third-order valence-electron chi connectivity index (χ3n) is 2.14. The second-order valence-corrected chi connectivity index (χ2v) is 3.82. The summed E-state index contributed by atoms with van der Waals surface area (Å²) in [7, 11) is 0. The molecular formula is C12H13F3N4O. The molecule has 2 aromatic rings. The monoisotopic (exact) mass is 286 g/mol. The van der Waals surface area contributed by atoms with Crippen LogP contribution in [-0.4, -0.2) is 9.97 Å². The van der Waals surface area contributed by atoms with Gasteiger partial charge in [-0.25, -0.2) is 4.98 Å². The first kappa shape index (κ1) is 15.5. The molecule has 0 saturated heterocycles. The quantitative estimate of drug-likeness (QED) is 0.645. The van der Waals surface area contributed by atoms with Gasteiger partial charge < -0.3 is 16.5 Å². The van der Waals surface area contributed by atoms with Crippen LogP contribution in [-0.2, 0) is 6.18 Å². The van der Waals surface area contributed by atoms with Gasteiger partial charge in [0, 0.05) is 5.69 Å². The average molecular weight is 286 g/mol. The van der Waals surface area contributed by atoms with E-state index >= 15 is 0 Å².